The van der Waals surface area contributed by atoms with Crippen LogP contribution in [-0.2, 0) is 6.54 Å². The van der Waals surface area contributed by atoms with Crippen LogP contribution in [0.15, 0.2) is 27.8 Å². The van der Waals surface area contributed by atoms with Crippen LogP contribution in [0.1, 0.15) is 12.5 Å². The zero-order chi connectivity index (χ0) is 13.6. The van der Waals surface area contributed by atoms with Crippen LogP contribution in [0.25, 0.3) is 22.6 Å². The lowest BCUT2D eigenvalue weighted by molar-refractivity contribution is 0.760. The van der Waals surface area contributed by atoms with E-state index in [9.17, 15) is 9.59 Å². The molecular formula is C13H12N4O2. The van der Waals surface area contributed by atoms with E-state index in [-0.39, 0.29) is 5.69 Å². The van der Waals surface area contributed by atoms with Gasteiger partial charge in [-0.25, -0.2) is 9.78 Å². The Morgan fingerprint density at radius 2 is 2.05 bits per heavy atom. The van der Waals surface area contributed by atoms with Crippen LogP contribution >= 0.6 is 0 Å². The van der Waals surface area contributed by atoms with Crippen LogP contribution in [0.2, 0.25) is 0 Å². The van der Waals surface area contributed by atoms with Gasteiger partial charge in [0, 0.05) is 6.54 Å². The zero-order valence-corrected chi connectivity index (χ0v) is 10.6. The summed E-state index contributed by atoms with van der Waals surface area (Å²) in [6.07, 6.45) is 0. The Morgan fingerprint density at radius 3 is 2.79 bits per heavy atom. The number of aromatic amines is 1. The highest BCUT2D eigenvalue weighted by atomic mass is 16.2. The van der Waals surface area contributed by atoms with E-state index in [4.69, 9.17) is 0 Å². The number of H-pyrrole nitrogens is 1. The predicted molar refractivity (Wildman–Crippen MR) is 71.5 cm³/mol. The molecule has 2 heterocycles. The first-order valence-electron chi connectivity index (χ1n) is 6.01. The molecule has 1 aromatic rings. The average Bonchev–Trinajstić information content (AvgIpc) is 2.36. The largest absolute Gasteiger partial charge is 0.349 e. The van der Waals surface area contributed by atoms with E-state index in [2.05, 4.69) is 15.0 Å². The Balaban J connectivity index is 2.60. The molecule has 2 aliphatic heterocycles. The lowest BCUT2D eigenvalue weighted by Crippen LogP contribution is -2.28. The molecule has 0 atom stereocenters. The van der Waals surface area contributed by atoms with E-state index in [1.165, 1.54) is 0 Å². The number of benzene rings is 1. The SMILES string of the molecule is CCn1c2nc(=O)[nH]c(=O)c-2nc2ccc(C)cc21. The number of nitrogens with one attached hydrogen (secondary N) is 1. The van der Waals surface area contributed by atoms with Crippen molar-refractivity contribution < 1.29 is 0 Å². The summed E-state index contributed by atoms with van der Waals surface area (Å²) in [6, 6.07) is 5.77. The van der Waals surface area contributed by atoms with Gasteiger partial charge in [0.05, 0.1) is 11.0 Å². The molecule has 0 bridgehead atoms. The highest BCUT2D eigenvalue weighted by Gasteiger charge is 2.17. The Hall–Kier alpha value is -2.50. The Kier molecular flexibility index (Phi) is 2.45. The summed E-state index contributed by atoms with van der Waals surface area (Å²) in [5, 5.41) is 0. The molecule has 2 aliphatic rings. The summed E-state index contributed by atoms with van der Waals surface area (Å²) in [5.74, 6) is 0.328. The molecule has 3 rings (SSSR count). The van der Waals surface area contributed by atoms with E-state index in [1.54, 1.807) is 0 Å². The van der Waals surface area contributed by atoms with Crippen LogP contribution in [0.4, 0.5) is 0 Å². The molecule has 19 heavy (non-hydrogen) atoms. The van der Waals surface area contributed by atoms with Gasteiger partial charge < -0.3 is 4.57 Å². The second-order valence-corrected chi connectivity index (χ2v) is 4.39. The molecular weight excluding hydrogens is 244 g/mol. The molecule has 0 fully saturated rings. The topological polar surface area (TPSA) is 80.6 Å². The molecule has 0 unspecified atom stereocenters. The number of hydrogen-bond donors (Lipinski definition) is 1. The number of fused-ring (bicyclic) bond motifs is 2. The van der Waals surface area contributed by atoms with Crippen molar-refractivity contribution in [3.63, 3.8) is 0 Å². The fraction of sp³-hybridized carbons (Fsp3) is 0.231. The molecule has 1 aromatic carbocycles. The molecule has 96 valence electrons. The van der Waals surface area contributed by atoms with Gasteiger partial charge in [-0.2, -0.15) is 4.98 Å². The van der Waals surface area contributed by atoms with Gasteiger partial charge in [0.1, 0.15) is 0 Å². The Bertz CT molecular complexity index is 863. The van der Waals surface area contributed by atoms with E-state index in [0.29, 0.717) is 17.9 Å². The van der Waals surface area contributed by atoms with Crippen LogP contribution in [0.5, 0.6) is 0 Å². The zero-order valence-electron chi connectivity index (χ0n) is 10.6. The predicted octanol–water partition coefficient (Wildman–Crippen LogP) is 0.913. The van der Waals surface area contributed by atoms with Crippen LogP contribution < -0.4 is 11.2 Å². The smallest absolute Gasteiger partial charge is 0.323 e. The fourth-order valence-electron chi connectivity index (χ4n) is 2.22. The van der Waals surface area contributed by atoms with Gasteiger partial charge in [-0.1, -0.05) is 6.07 Å². The van der Waals surface area contributed by atoms with Gasteiger partial charge in [0.25, 0.3) is 5.56 Å². The van der Waals surface area contributed by atoms with Gasteiger partial charge in [-0.3, -0.25) is 9.78 Å². The Morgan fingerprint density at radius 1 is 1.26 bits per heavy atom. The first-order valence-corrected chi connectivity index (χ1v) is 6.01. The molecule has 0 saturated heterocycles. The van der Waals surface area contributed by atoms with Crippen molar-refractivity contribution in [1.29, 1.82) is 0 Å². The van der Waals surface area contributed by atoms with Crippen molar-refractivity contribution in [3.05, 3.63) is 44.6 Å². The number of aromatic nitrogens is 4. The van der Waals surface area contributed by atoms with E-state index < -0.39 is 11.2 Å². The minimum atomic E-state index is -0.645. The number of hydrogen-bond acceptors (Lipinski definition) is 4. The fourth-order valence-corrected chi connectivity index (χ4v) is 2.22. The Labute approximate surface area is 108 Å². The monoisotopic (exact) mass is 256 g/mol. The summed E-state index contributed by atoms with van der Waals surface area (Å²) in [6.45, 7) is 4.53. The molecule has 6 heteroatoms. The molecule has 0 radical (unpaired) electrons. The number of rotatable bonds is 1. The minimum Gasteiger partial charge on any atom is -0.323 e. The molecule has 1 N–H and O–H groups in total. The maximum Gasteiger partial charge on any atom is 0.349 e. The quantitative estimate of drug-likeness (QED) is 0.656. The standard InChI is InChI=1S/C13H12N4O2/c1-3-17-9-6-7(2)4-5-8(9)14-10-11(17)15-13(19)16-12(10)18/h4-6H,3H2,1-2H3,(H,16,18,19). The van der Waals surface area contributed by atoms with E-state index >= 15 is 0 Å². The highest BCUT2D eigenvalue weighted by Crippen LogP contribution is 2.21. The molecule has 0 aromatic heterocycles. The summed E-state index contributed by atoms with van der Waals surface area (Å²) in [4.78, 5) is 33.5. The molecule has 0 saturated carbocycles. The number of nitrogens with zero attached hydrogens (tertiary/aromatic N) is 3. The van der Waals surface area contributed by atoms with Gasteiger partial charge in [0.15, 0.2) is 11.5 Å². The van der Waals surface area contributed by atoms with Crippen LogP contribution in [0, 0.1) is 6.92 Å². The van der Waals surface area contributed by atoms with Gasteiger partial charge in [-0.15, -0.1) is 0 Å². The number of aryl methyl sites for hydroxylation is 2. The lowest BCUT2D eigenvalue weighted by Gasteiger charge is -2.14. The van der Waals surface area contributed by atoms with Crippen molar-refractivity contribution in [2.45, 2.75) is 20.4 Å². The maximum absolute atomic E-state index is 11.8. The van der Waals surface area contributed by atoms with Gasteiger partial charge >= 0.3 is 5.69 Å². The maximum atomic E-state index is 11.8. The highest BCUT2D eigenvalue weighted by molar-refractivity contribution is 5.79. The summed E-state index contributed by atoms with van der Waals surface area (Å²) in [5.41, 5.74) is 1.72. The van der Waals surface area contributed by atoms with Crippen molar-refractivity contribution in [1.82, 2.24) is 19.5 Å². The van der Waals surface area contributed by atoms with Crippen molar-refractivity contribution in [2.24, 2.45) is 0 Å². The van der Waals surface area contributed by atoms with E-state index in [1.807, 2.05) is 36.6 Å². The second-order valence-electron chi connectivity index (χ2n) is 4.39. The molecule has 0 amide bonds. The lowest BCUT2D eigenvalue weighted by atomic mass is 10.2. The third-order valence-electron chi connectivity index (χ3n) is 3.08. The third kappa shape index (κ3) is 1.72. The summed E-state index contributed by atoms with van der Waals surface area (Å²) in [7, 11) is 0. The van der Waals surface area contributed by atoms with E-state index in [0.717, 1.165) is 11.1 Å². The van der Waals surface area contributed by atoms with Crippen LogP contribution in [-0.4, -0.2) is 19.5 Å². The first kappa shape index (κ1) is 11.6. The normalized spacial score (nSPS) is 11.3. The second kappa shape index (κ2) is 4.01. The molecule has 6 nitrogen and oxygen atoms in total. The van der Waals surface area contributed by atoms with Crippen molar-refractivity contribution in [3.8, 4) is 11.5 Å². The third-order valence-corrected chi connectivity index (χ3v) is 3.08. The molecule has 0 spiro atoms. The van der Waals surface area contributed by atoms with Crippen molar-refractivity contribution >= 4 is 11.0 Å². The molecule has 0 aliphatic carbocycles. The summed E-state index contributed by atoms with van der Waals surface area (Å²) >= 11 is 0. The average molecular weight is 256 g/mol. The minimum absolute atomic E-state index is 0.192. The van der Waals surface area contributed by atoms with Gasteiger partial charge in [0.2, 0.25) is 0 Å². The van der Waals surface area contributed by atoms with Crippen molar-refractivity contribution in [2.75, 3.05) is 0 Å². The summed E-state index contributed by atoms with van der Waals surface area (Å²) < 4.78 is 1.83. The van der Waals surface area contributed by atoms with Gasteiger partial charge in [-0.05, 0) is 31.5 Å². The van der Waals surface area contributed by atoms with Crippen LogP contribution in [0.3, 0.4) is 0 Å². The first-order chi connectivity index (χ1) is 9.10.